The van der Waals surface area contributed by atoms with Gasteiger partial charge in [-0.3, -0.25) is 25.8 Å². The van der Waals surface area contributed by atoms with Crippen LogP contribution in [0.15, 0.2) is 47.3 Å². The molecule has 3 rings (SSSR count). The largest absolute Gasteiger partial charge is 0.459 e. The van der Waals surface area contributed by atoms with Gasteiger partial charge in [0.1, 0.15) is 6.33 Å². The number of rotatable bonds is 6. The Morgan fingerprint density at radius 1 is 1.15 bits per heavy atom. The zero-order chi connectivity index (χ0) is 19.4. The van der Waals surface area contributed by atoms with Crippen LogP contribution in [0.25, 0.3) is 0 Å². The summed E-state index contributed by atoms with van der Waals surface area (Å²) in [7, 11) is 0. The van der Waals surface area contributed by atoms with Crippen molar-refractivity contribution < 1.29 is 14.1 Å². The molecular weight excluding hydrogens is 352 g/mol. The number of aromatic nitrogens is 2. The summed E-state index contributed by atoms with van der Waals surface area (Å²) >= 11 is 0. The molecule has 1 aromatic carbocycles. The maximum absolute atomic E-state index is 11.9. The molecule has 0 radical (unpaired) electrons. The number of nitro groups is 1. The zero-order valence-corrected chi connectivity index (χ0v) is 14.5. The summed E-state index contributed by atoms with van der Waals surface area (Å²) in [6.07, 6.45) is 2.50. The molecule has 2 heterocycles. The van der Waals surface area contributed by atoms with E-state index in [0.29, 0.717) is 5.69 Å². The Labute approximate surface area is 153 Å². The molecule has 0 bridgehead atoms. The zero-order valence-electron chi connectivity index (χ0n) is 14.5. The van der Waals surface area contributed by atoms with Gasteiger partial charge in [-0.15, -0.1) is 0 Å². The van der Waals surface area contributed by atoms with E-state index >= 15 is 0 Å². The highest BCUT2D eigenvalue weighted by Gasteiger charge is 2.24. The van der Waals surface area contributed by atoms with E-state index in [-0.39, 0.29) is 17.4 Å². The van der Waals surface area contributed by atoms with Gasteiger partial charge in [-0.1, -0.05) is 12.1 Å². The summed E-state index contributed by atoms with van der Waals surface area (Å²) < 4.78 is 4.96. The predicted octanol–water partition coefficient (Wildman–Crippen LogP) is 3.10. The second-order valence-electron chi connectivity index (χ2n) is 5.61. The van der Waals surface area contributed by atoms with E-state index in [1.165, 1.54) is 12.3 Å². The molecule has 0 saturated carbocycles. The van der Waals surface area contributed by atoms with Crippen LogP contribution < -0.4 is 16.2 Å². The molecule has 3 N–H and O–H groups in total. The Balaban J connectivity index is 1.87. The number of furan rings is 1. The van der Waals surface area contributed by atoms with E-state index in [1.807, 2.05) is 26.0 Å². The van der Waals surface area contributed by atoms with E-state index in [9.17, 15) is 14.9 Å². The highest BCUT2D eigenvalue weighted by atomic mass is 16.6. The van der Waals surface area contributed by atoms with Gasteiger partial charge in [0.2, 0.25) is 11.6 Å². The number of carbonyl (C=O) groups excluding carboxylic acids is 1. The Morgan fingerprint density at radius 3 is 2.63 bits per heavy atom. The molecule has 0 aliphatic heterocycles. The van der Waals surface area contributed by atoms with Crippen molar-refractivity contribution in [2.45, 2.75) is 13.8 Å². The van der Waals surface area contributed by atoms with Gasteiger partial charge in [-0.25, -0.2) is 9.97 Å². The van der Waals surface area contributed by atoms with E-state index in [4.69, 9.17) is 4.42 Å². The molecule has 2 aromatic heterocycles. The monoisotopic (exact) mass is 368 g/mol. The third-order valence-corrected chi connectivity index (χ3v) is 3.90. The molecule has 138 valence electrons. The number of anilines is 3. The van der Waals surface area contributed by atoms with Gasteiger partial charge < -0.3 is 9.73 Å². The van der Waals surface area contributed by atoms with Crippen LogP contribution in [0.2, 0.25) is 0 Å². The number of aryl methyl sites for hydroxylation is 1. The molecule has 10 heteroatoms. The SMILES string of the molecule is Cc1cccc(Nc2ncnc(NNC(=O)c3ccco3)c2[N+](=O)[O-])c1C. The first kappa shape index (κ1) is 17.9. The summed E-state index contributed by atoms with van der Waals surface area (Å²) in [6, 6.07) is 8.57. The Morgan fingerprint density at radius 2 is 1.93 bits per heavy atom. The van der Waals surface area contributed by atoms with Crippen LogP contribution in [0.3, 0.4) is 0 Å². The third kappa shape index (κ3) is 3.84. The minimum Gasteiger partial charge on any atom is -0.459 e. The first-order valence-electron chi connectivity index (χ1n) is 7.90. The molecule has 3 aromatic rings. The lowest BCUT2D eigenvalue weighted by Crippen LogP contribution is -2.30. The fourth-order valence-corrected chi connectivity index (χ4v) is 2.33. The van der Waals surface area contributed by atoms with Crippen molar-refractivity contribution in [2.75, 3.05) is 10.7 Å². The van der Waals surface area contributed by atoms with Crippen LogP contribution in [0.5, 0.6) is 0 Å². The molecule has 1 amide bonds. The number of benzene rings is 1. The Hall–Kier alpha value is -3.95. The fraction of sp³-hybridized carbons (Fsp3) is 0.118. The summed E-state index contributed by atoms with van der Waals surface area (Å²) in [6.45, 7) is 3.83. The number of hydrogen-bond acceptors (Lipinski definition) is 8. The van der Waals surface area contributed by atoms with Crippen molar-refractivity contribution in [3.8, 4) is 0 Å². The van der Waals surface area contributed by atoms with Crippen LogP contribution in [0, 0.1) is 24.0 Å². The van der Waals surface area contributed by atoms with E-state index in [2.05, 4.69) is 26.1 Å². The summed E-state index contributed by atoms with van der Waals surface area (Å²) in [5.41, 5.74) is 6.99. The van der Waals surface area contributed by atoms with Crippen molar-refractivity contribution >= 4 is 28.9 Å². The van der Waals surface area contributed by atoms with Gasteiger partial charge in [0.25, 0.3) is 0 Å². The number of amides is 1. The van der Waals surface area contributed by atoms with Crippen molar-refractivity contribution in [1.29, 1.82) is 0 Å². The summed E-state index contributed by atoms with van der Waals surface area (Å²) in [4.78, 5) is 30.7. The second kappa shape index (κ2) is 7.52. The number of hydrogen-bond donors (Lipinski definition) is 3. The van der Waals surface area contributed by atoms with Crippen LogP contribution in [0.4, 0.5) is 23.0 Å². The average molecular weight is 368 g/mol. The summed E-state index contributed by atoms with van der Waals surface area (Å²) in [5, 5.41) is 14.5. The van der Waals surface area contributed by atoms with Gasteiger partial charge in [0.05, 0.1) is 11.2 Å². The smallest absolute Gasteiger partial charge is 0.355 e. The highest BCUT2D eigenvalue weighted by Crippen LogP contribution is 2.32. The van der Waals surface area contributed by atoms with Crippen molar-refractivity contribution in [3.05, 3.63) is 69.9 Å². The Kier molecular flexibility index (Phi) is 4.97. The third-order valence-electron chi connectivity index (χ3n) is 3.90. The minimum absolute atomic E-state index is 0.00144. The summed E-state index contributed by atoms with van der Waals surface area (Å²) in [5.74, 6) is -0.717. The topological polar surface area (TPSA) is 135 Å². The molecule has 0 fully saturated rings. The molecule has 10 nitrogen and oxygen atoms in total. The molecule has 0 aliphatic carbocycles. The van der Waals surface area contributed by atoms with Crippen LogP contribution in [-0.2, 0) is 0 Å². The van der Waals surface area contributed by atoms with E-state index in [1.54, 1.807) is 12.1 Å². The highest BCUT2D eigenvalue weighted by molar-refractivity contribution is 5.92. The number of hydrazine groups is 1. The number of nitrogens with zero attached hydrogens (tertiary/aromatic N) is 3. The standard InChI is InChI=1S/C17H16N6O4/c1-10-5-3-6-12(11(10)2)20-15-14(23(25)26)16(19-9-18-15)21-22-17(24)13-7-4-8-27-13/h3-9H,1-2H3,(H,22,24)(H2,18,19,20,21). The maximum atomic E-state index is 11.9. The van der Waals surface area contributed by atoms with E-state index in [0.717, 1.165) is 17.5 Å². The average Bonchev–Trinajstić information content (AvgIpc) is 3.18. The lowest BCUT2D eigenvalue weighted by atomic mass is 10.1. The lowest BCUT2D eigenvalue weighted by molar-refractivity contribution is -0.383. The molecule has 0 unspecified atom stereocenters. The number of nitrogens with one attached hydrogen (secondary N) is 3. The quantitative estimate of drug-likeness (QED) is 0.446. The van der Waals surface area contributed by atoms with Crippen molar-refractivity contribution in [2.24, 2.45) is 0 Å². The Bertz CT molecular complexity index is 987. The van der Waals surface area contributed by atoms with E-state index < -0.39 is 16.5 Å². The van der Waals surface area contributed by atoms with Gasteiger partial charge >= 0.3 is 11.6 Å². The van der Waals surface area contributed by atoms with Crippen LogP contribution >= 0.6 is 0 Å². The molecule has 0 saturated heterocycles. The molecule has 0 atom stereocenters. The molecule has 0 spiro atoms. The van der Waals surface area contributed by atoms with Gasteiger partial charge in [0, 0.05) is 5.69 Å². The van der Waals surface area contributed by atoms with Gasteiger partial charge in [0.15, 0.2) is 5.76 Å². The van der Waals surface area contributed by atoms with Crippen molar-refractivity contribution in [3.63, 3.8) is 0 Å². The lowest BCUT2D eigenvalue weighted by Gasteiger charge is -2.12. The van der Waals surface area contributed by atoms with Crippen LogP contribution in [-0.4, -0.2) is 20.8 Å². The fourth-order valence-electron chi connectivity index (χ4n) is 2.33. The van der Waals surface area contributed by atoms with Crippen molar-refractivity contribution in [1.82, 2.24) is 15.4 Å². The predicted molar refractivity (Wildman–Crippen MR) is 97.7 cm³/mol. The molecular formula is C17H16N6O4. The number of carbonyl (C=O) groups is 1. The second-order valence-corrected chi connectivity index (χ2v) is 5.61. The van der Waals surface area contributed by atoms with Crippen LogP contribution in [0.1, 0.15) is 21.7 Å². The molecule has 0 aliphatic rings. The maximum Gasteiger partial charge on any atom is 0.355 e. The van der Waals surface area contributed by atoms with Gasteiger partial charge in [-0.2, -0.15) is 0 Å². The molecule has 27 heavy (non-hydrogen) atoms. The first-order chi connectivity index (χ1) is 13.0. The minimum atomic E-state index is -0.630. The normalized spacial score (nSPS) is 10.3. The first-order valence-corrected chi connectivity index (χ1v) is 7.90. The van der Waals surface area contributed by atoms with Gasteiger partial charge in [-0.05, 0) is 43.2 Å².